The number of nitrogens with one attached hydrogen (secondary N) is 1. The number of aromatic nitrogens is 1. The van der Waals surface area contributed by atoms with Crippen molar-refractivity contribution in [3.05, 3.63) is 34.5 Å². The molecule has 0 atom stereocenters. The van der Waals surface area contributed by atoms with Crippen LogP contribution in [0.4, 0.5) is 5.69 Å². The molecule has 0 saturated heterocycles. The van der Waals surface area contributed by atoms with Gasteiger partial charge in [-0.05, 0) is 37.1 Å². The number of aryl methyl sites for hydroxylation is 2. The first-order chi connectivity index (χ1) is 8.15. The Hall–Kier alpha value is -1.32. The Labute approximate surface area is 106 Å². The van der Waals surface area contributed by atoms with Crippen LogP contribution in [0.3, 0.4) is 0 Å². The van der Waals surface area contributed by atoms with Gasteiger partial charge >= 0.3 is 0 Å². The summed E-state index contributed by atoms with van der Waals surface area (Å²) in [5, 5.41) is 1.75. The maximum atomic E-state index is 6.12. The number of nitrogen functional groups attached to an aromatic ring is 1. The molecule has 90 valence electrons. The highest BCUT2D eigenvalue weighted by Gasteiger charge is 2.07. The first kappa shape index (κ1) is 12.1. The monoisotopic (exact) mass is 249 g/mol. The Morgan fingerprint density at radius 1 is 1.35 bits per heavy atom. The van der Waals surface area contributed by atoms with E-state index in [1.165, 1.54) is 0 Å². The molecule has 0 spiro atoms. The van der Waals surface area contributed by atoms with E-state index in [-0.39, 0.29) is 0 Å². The minimum absolute atomic E-state index is 0.738. The van der Waals surface area contributed by atoms with Crippen molar-refractivity contribution in [3.8, 4) is 0 Å². The first-order valence-corrected chi connectivity index (χ1v) is 6.10. The summed E-state index contributed by atoms with van der Waals surface area (Å²) in [6.45, 7) is 4.10. The molecule has 0 aliphatic heterocycles. The average Bonchev–Trinajstić information content (AvgIpc) is 2.31. The van der Waals surface area contributed by atoms with Crippen molar-refractivity contribution in [2.75, 3.05) is 5.43 Å². The van der Waals surface area contributed by atoms with Crippen molar-refractivity contribution in [1.82, 2.24) is 4.98 Å². The number of pyridine rings is 1. The number of halogens is 1. The maximum absolute atomic E-state index is 6.12. The molecule has 0 saturated carbocycles. The number of fused-ring (bicyclic) bond motifs is 1. The summed E-state index contributed by atoms with van der Waals surface area (Å²) in [5.74, 6) is 5.56. The van der Waals surface area contributed by atoms with Gasteiger partial charge in [0.1, 0.15) is 0 Å². The van der Waals surface area contributed by atoms with Crippen molar-refractivity contribution in [1.29, 1.82) is 0 Å². The summed E-state index contributed by atoms with van der Waals surface area (Å²) >= 11 is 6.12. The molecule has 2 rings (SSSR count). The highest BCUT2D eigenvalue weighted by Crippen LogP contribution is 2.28. The third-order valence-corrected chi connectivity index (χ3v) is 3.21. The summed E-state index contributed by atoms with van der Waals surface area (Å²) in [6.07, 6.45) is 2.00. The van der Waals surface area contributed by atoms with E-state index in [0.29, 0.717) is 0 Å². The molecule has 0 aliphatic carbocycles. The van der Waals surface area contributed by atoms with Crippen molar-refractivity contribution in [2.45, 2.75) is 26.7 Å². The fourth-order valence-electron chi connectivity index (χ4n) is 1.91. The van der Waals surface area contributed by atoms with E-state index in [1.54, 1.807) is 0 Å². The first-order valence-electron chi connectivity index (χ1n) is 5.72. The second kappa shape index (κ2) is 4.90. The normalized spacial score (nSPS) is 10.8. The van der Waals surface area contributed by atoms with Crippen molar-refractivity contribution in [2.24, 2.45) is 5.84 Å². The predicted molar refractivity (Wildman–Crippen MR) is 73.3 cm³/mol. The van der Waals surface area contributed by atoms with Gasteiger partial charge in [-0.3, -0.25) is 10.8 Å². The van der Waals surface area contributed by atoms with Crippen LogP contribution >= 0.6 is 11.6 Å². The van der Waals surface area contributed by atoms with Crippen LogP contribution in [-0.2, 0) is 6.42 Å². The van der Waals surface area contributed by atoms with Gasteiger partial charge in [0.15, 0.2) is 0 Å². The molecule has 2 aromatic rings. The zero-order valence-electron chi connectivity index (χ0n) is 10.0. The van der Waals surface area contributed by atoms with E-state index in [0.717, 1.165) is 45.7 Å². The van der Waals surface area contributed by atoms with Gasteiger partial charge in [0.2, 0.25) is 0 Å². The Morgan fingerprint density at radius 2 is 2.12 bits per heavy atom. The SMILES string of the molecule is CCCc1cc(NN)c2cc(C)c(Cl)cc2n1. The van der Waals surface area contributed by atoms with Crippen LogP contribution in [0.5, 0.6) is 0 Å². The van der Waals surface area contributed by atoms with Crippen LogP contribution in [0.15, 0.2) is 18.2 Å². The lowest BCUT2D eigenvalue weighted by molar-refractivity contribution is 0.890. The second-order valence-electron chi connectivity index (χ2n) is 4.17. The van der Waals surface area contributed by atoms with Gasteiger partial charge in [-0.1, -0.05) is 24.9 Å². The number of hydrogen-bond acceptors (Lipinski definition) is 3. The number of nitrogens with zero attached hydrogens (tertiary/aromatic N) is 1. The lowest BCUT2D eigenvalue weighted by atomic mass is 10.1. The quantitative estimate of drug-likeness (QED) is 0.647. The van der Waals surface area contributed by atoms with Gasteiger partial charge in [-0.15, -0.1) is 0 Å². The van der Waals surface area contributed by atoms with Crippen molar-refractivity contribution < 1.29 is 0 Å². The highest BCUT2D eigenvalue weighted by atomic mass is 35.5. The van der Waals surface area contributed by atoms with Crippen LogP contribution in [0.2, 0.25) is 5.02 Å². The standard InChI is InChI=1S/C13H16ClN3/c1-3-4-9-6-13(17-15)10-5-8(2)11(14)7-12(10)16-9/h5-7H,3-4,15H2,1-2H3,(H,16,17). The third-order valence-electron chi connectivity index (χ3n) is 2.80. The summed E-state index contributed by atoms with van der Waals surface area (Å²) in [5.41, 5.74) is 6.59. The fourth-order valence-corrected chi connectivity index (χ4v) is 2.07. The molecule has 0 fully saturated rings. The van der Waals surface area contributed by atoms with Crippen LogP contribution in [-0.4, -0.2) is 4.98 Å². The molecule has 0 unspecified atom stereocenters. The lowest BCUT2D eigenvalue weighted by Gasteiger charge is -2.10. The number of benzene rings is 1. The maximum Gasteiger partial charge on any atom is 0.0741 e. The van der Waals surface area contributed by atoms with E-state index in [4.69, 9.17) is 17.4 Å². The van der Waals surface area contributed by atoms with Crippen molar-refractivity contribution >= 4 is 28.2 Å². The number of anilines is 1. The van der Waals surface area contributed by atoms with Crippen LogP contribution < -0.4 is 11.3 Å². The number of rotatable bonds is 3. The van der Waals surface area contributed by atoms with Crippen molar-refractivity contribution in [3.63, 3.8) is 0 Å². The smallest absolute Gasteiger partial charge is 0.0741 e. The Bertz CT molecular complexity index is 552. The molecule has 1 aromatic carbocycles. The fraction of sp³-hybridized carbons (Fsp3) is 0.308. The molecule has 3 nitrogen and oxygen atoms in total. The van der Waals surface area contributed by atoms with Crippen LogP contribution in [0, 0.1) is 6.92 Å². The van der Waals surface area contributed by atoms with Gasteiger partial charge in [0, 0.05) is 16.1 Å². The van der Waals surface area contributed by atoms with E-state index < -0.39 is 0 Å². The van der Waals surface area contributed by atoms with Crippen LogP contribution in [0.1, 0.15) is 24.6 Å². The Morgan fingerprint density at radius 3 is 2.76 bits per heavy atom. The lowest BCUT2D eigenvalue weighted by Crippen LogP contribution is -2.08. The van der Waals surface area contributed by atoms with E-state index in [1.807, 2.05) is 25.1 Å². The Kier molecular flexibility index (Phi) is 3.50. The minimum Gasteiger partial charge on any atom is -0.323 e. The summed E-state index contributed by atoms with van der Waals surface area (Å²) in [6, 6.07) is 5.90. The average molecular weight is 250 g/mol. The molecular weight excluding hydrogens is 234 g/mol. The summed E-state index contributed by atoms with van der Waals surface area (Å²) < 4.78 is 0. The molecule has 1 aromatic heterocycles. The molecule has 0 radical (unpaired) electrons. The number of hydrogen-bond donors (Lipinski definition) is 2. The van der Waals surface area contributed by atoms with Gasteiger partial charge in [0.25, 0.3) is 0 Å². The third kappa shape index (κ3) is 2.35. The molecular formula is C13H16ClN3. The van der Waals surface area contributed by atoms with Gasteiger partial charge in [0.05, 0.1) is 11.2 Å². The molecule has 0 amide bonds. The zero-order chi connectivity index (χ0) is 12.4. The van der Waals surface area contributed by atoms with Crippen LogP contribution in [0.25, 0.3) is 10.9 Å². The van der Waals surface area contributed by atoms with Gasteiger partial charge in [-0.2, -0.15) is 0 Å². The van der Waals surface area contributed by atoms with Gasteiger partial charge in [-0.25, -0.2) is 0 Å². The topological polar surface area (TPSA) is 50.9 Å². The Balaban J connectivity index is 2.68. The van der Waals surface area contributed by atoms with Gasteiger partial charge < -0.3 is 5.43 Å². The van der Waals surface area contributed by atoms with E-state index in [9.17, 15) is 0 Å². The molecule has 4 heteroatoms. The molecule has 17 heavy (non-hydrogen) atoms. The minimum atomic E-state index is 0.738. The molecule has 0 aliphatic rings. The highest BCUT2D eigenvalue weighted by molar-refractivity contribution is 6.32. The van der Waals surface area contributed by atoms with E-state index >= 15 is 0 Å². The number of nitrogens with two attached hydrogens (primary N) is 1. The summed E-state index contributed by atoms with van der Waals surface area (Å²) in [7, 11) is 0. The zero-order valence-corrected chi connectivity index (χ0v) is 10.8. The summed E-state index contributed by atoms with van der Waals surface area (Å²) in [4.78, 5) is 4.60. The number of hydrazine groups is 1. The predicted octanol–water partition coefficient (Wildman–Crippen LogP) is 3.43. The van der Waals surface area contributed by atoms with E-state index in [2.05, 4.69) is 17.3 Å². The largest absolute Gasteiger partial charge is 0.323 e. The second-order valence-corrected chi connectivity index (χ2v) is 4.58. The molecule has 0 bridgehead atoms. The molecule has 3 N–H and O–H groups in total. The molecule has 1 heterocycles.